The summed E-state index contributed by atoms with van der Waals surface area (Å²) < 4.78 is 32.9. The predicted octanol–water partition coefficient (Wildman–Crippen LogP) is 0.977. The maximum atomic E-state index is 12.8. The molecule has 10 heteroatoms. The third kappa shape index (κ3) is 5.47. The van der Waals surface area contributed by atoms with Gasteiger partial charge in [-0.05, 0) is 25.1 Å². The molecule has 9 nitrogen and oxygen atoms in total. The first-order valence-electron chi connectivity index (χ1n) is 9.73. The molecule has 1 aromatic carbocycles. The Hall–Kier alpha value is -2.69. The lowest BCUT2D eigenvalue weighted by molar-refractivity contribution is 0.0937. The summed E-state index contributed by atoms with van der Waals surface area (Å²) in [7, 11) is -2.24. The van der Waals surface area contributed by atoms with Crippen LogP contribution in [0.4, 0.5) is 11.5 Å². The van der Waals surface area contributed by atoms with E-state index in [1.165, 1.54) is 12.3 Å². The minimum absolute atomic E-state index is 0.144. The van der Waals surface area contributed by atoms with Crippen molar-refractivity contribution in [2.75, 3.05) is 56.1 Å². The minimum atomic E-state index is -3.80. The number of ether oxygens (including phenoxy) is 1. The van der Waals surface area contributed by atoms with Crippen LogP contribution in [-0.2, 0) is 14.8 Å². The van der Waals surface area contributed by atoms with Crippen molar-refractivity contribution in [3.63, 3.8) is 0 Å². The van der Waals surface area contributed by atoms with Crippen LogP contribution in [-0.4, -0.2) is 65.7 Å². The number of pyridine rings is 1. The van der Waals surface area contributed by atoms with Gasteiger partial charge in [-0.15, -0.1) is 0 Å². The number of amides is 1. The van der Waals surface area contributed by atoms with Crippen molar-refractivity contribution in [3.8, 4) is 0 Å². The summed E-state index contributed by atoms with van der Waals surface area (Å²) >= 11 is 0. The van der Waals surface area contributed by atoms with Gasteiger partial charge in [-0.2, -0.15) is 0 Å². The van der Waals surface area contributed by atoms with Crippen molar-refractivity contribution in [1.29, 1.82) is 0 Å². The molecule has 2 heterocycles. The van der Waals surface area contributed by atoms with Gasteiger partial charge in [0.15, 0.2) is 0 Å². The van der Waals surface area contributed by atoms with Crippen LogP contribution in [0.25, 0.3) is 0 Å². The number of methoxy groups -OCH3 is 1. The monoisotopic (exact) mass is 433 g/mol. The molecule has 162 valence electrons. The van der Waals surface area contributed by atoms with E-state index in [2.05, 4.69) is 20.3 Å². The van der Waals surface area contributed by atoms with E-state index in [1.807, 2.05) is 11.8 Å². The van der Waals surface area contributed by atoms with E-state index in [9.17, 15) is 13.2 Å². The van der Waals surface area contributed by atoms with Crippen LogP contribution in [0.5, 0.6) is 0 Å². The van der Waals surface area contributed by atoms with E-state index in [4.69, 9.17) is 4.74 Å². The molecular formula is C20H27N5O4S. The molecule has 0 radical (unpaired) electrons. The molecule has 1 aliphatic rings. The number of nitrogens with zero attached hydrogens (tertiary/aromatic N) is 2. The van der Waals surface area contributed by atoms with Crippen molar-refractivity contribution in [3.05, 3.63) is 47.7 Å². The second-order valence-electron chi connectivity index (χ2n) is 7.00. The van der Waals surface area contributed by atoms with Gasteiger partial charge in [-0.1, -0.05) is 17.7 Å². The molecule has 0 atom stereocenters. The van der Waals surface area contributed by atoms with Crippen molar-refractivity contribution in [2.24, 2.45) is 0 Å². The number of aromatic nitrogens is 1. The number of aryl methyl sites for hydroxylation is 1. The average molecular weight is 434 g/mol. The largest absolute Gasteiger partial charge is 0.383 e. The number of sulfonamides is 1. The maximum absolute atomic E-state index is 12.8. The first kappa shape index (κ1) is 22.0. The highest BCUT2D eigenvalue weighted by Crippen LogP contribution is 2.24. The number of hydrogen-bond donors (Lipinski definition) is 3. The van der Waals surface area contributed by atoms with Crippen molar-refractivity contribution >= 4 is 27.4 Å². The Balaban J connectivity index is 1.88. The highest BCUT2D eigenvalue weighted by Gasteiger charge is 2.22. The van der Waals surface area contributed by atoms with Gasteiger partial charge < -0.3 is 20.3 Å². The Bertz CT molecular complexity index is 973. The molecule has 30 heavy (non-hydrogen) atoms. The fraction of sp³-hybridized carbons (Fsp3) is 0.400. The van der Waals surface area contributed by atoms with Gasteiger partial charge in [-0.3, -0.25) is 9.52 Å². The molecule has 1 aromatic heterocycles. The zero-order chi connectivity index (χ0) is 21.6. The molecule has 1 amide bonds. The van der Waals surface area contributed by atoms with E-state index in [0.29, 0.717) is 37.6 Å². The van der Waals surface area contributed by atoms with E-state index in [1.54, 1.807) is 31.4 Å². The van der Waals surface area contributed by atoms with Gasteiger partial charge in [0.05, 0.1) is 29.0 Å². The number of piperazine rings is 1. The Morgan fingerprint density at radius 1 is 1.23 bits per heavy atom. The highest BCUT2D eigenvalue weighted by molar-refractivity contribution is 7.92. The van der Waals surface area contributed by atoms with Crippen LogP contribution < -0.4 is 20.3 Å². The van der Waals surface area contributed by atoms with Crippen molar-refractivity contribution in [2.45, 2.75) is 11.8 Å². The number of carbonyl (C=O) groups is 1. The van der Waals surface area contributed by atoms with Crippen LogP contribution >= 0.6 is 0 Å². The SMILES string of the molecule is COCCNC(=O)c1cc(NS(=O)(=O)c2ccc(C)cc2)cnc1N1CCNCC1. The summed E-state index contributed by atoms with van der Waals surface area (Å²) in [5.74, 6) is 0.203. The molecule has 0 spiro atoms. The van der Waals surface area contributed by atoms with E-state index in [0.717, 1.165) is 18.7 Å². The molecule has 0 saturated carbocycles. The first-order valence-corrected chi connectivity index (χ1v) is 11.2. The molecule has 0 unspecified atom stereocenters. The summed E-state index contributed by atoms with van der Waals surface area (Å²) in [6.45, 7) is 5.59. The second-order valence-corrected chi connectivity index (χ2v) is 8.68. The summed E-state index contributed by atoms with van der Waals surface area (Å²) in [5, 5.41) is 6.05. The van der Waals surface area contributed by atoms with Crippen LogP contribution in [0.3, 0.4) is 0 Å². The highest BCUT2D eigenvalue weighted by atomic mass is 32.2. The Kier molecular flexibility index (Phi) is 7.24. The lowest BCUT2D eigenvalue weighted by Gasteiger charge is -2.30. The fourth-order valence-corrected chi connectivity index (χ4v) is 4.14. The van der Waals surface area contributed by atoms with Crippen LogP contribution in [0.1, 0.15) is 15.9 Å². The molecule has 0 aliphatic carbocycles. The molecule has 1 fully saturated rings. The third-order valence-electron chi connectivity index (χ3n) is 4.70. The molecule has 2 aromatic rings. The lowest BCUT2D eigenvalue weighted by Crippen LogP contribution is -2.44. The number of benzene rings is 1. The fourth-order valence-electron chi connectivity index (χ4n) is 3.10. The number of nitrogens with one attached hydrogen (secondary N) is 3. The van der Waals surface area contributed by atoms with Crippen molar-refractivity contribution < 1.29 is 17.9 Å². The summed E-state index contributed by atoms with van der Waals surface area (Å²) in [6, 6.07) is 8.07. The topological polar surface area (TPSA) is 113 Å². The Labute approximate surface area is 176 Å². The smallest absolute Gasteiger partial charge is 0.261 e. The maximum Gasteiger partial charge on any atom is 0.261 e. The van der Waals surface area contributed by atoms with Gasteiger partial charge in [0, 0.05) is 39.8 Å². The van der Waals surface area contributed by atoms with Gasteiger partial charge in [0.25, 0.3) is 15.9 Å². The predicted molar refractivity (Wildman–Crippen MR) is 116 cm³/mol. The van der Waals surface area contributed by atoms with Gasteiger partial charge in [0.1, 0.15) is 5.82 Å². The Morgan fingerprint density at radius 3 is 2.60 bits per heavy atom. The van der Waals surface area contributed by atoms with Gasteiger partial charge >= 0.3 is 0 Å². The summed E-state index contributed by atoms with van der Waals surface area (Å²) in [6.07, 6.45) is 1.44. The molecular weight excluding hydrogens is 406 g/mol. The van der Waals surface area contributed by atoms with Gasteiger partial charge in [0.2, 0.25) is 0 Å². The number of anilines is 2. The lowest BCUT2D eigenvalue weighted by atomic mass is 10.2. The van der Waals surface area contributed by atoms with E-state index < -0.39 is 10.0 Å². The zero-order valence-corrected chi connectivity index (χ0v) is 18.0. The van der Waals surface area contributed by atoms with Crippen LogP contribution in [0.15, 0.2) is 41.4 Å². The quantitative estimate of drug-likeness (QED) is 0.532. The molecule has 1 aliphatic heterocycles. The molecule has 3 rings (SSSR count). The average Bonchev–Trinajstić information content (AvgIpc) is 2.74. The second kappa shape index (κ2) is 9.88. The standard InChI is InChI=1S/C20H27N5O4S/c1-15-3-5-17(6-4-15)30(27,28)24-16-13-18(20(26)22-9-12-29-2)19(23-14-16)25-10-7-21-8-11-25/h3-6,13-14,21,24H,7-12H2,1-2H3,(H,22,26). The normalized spacial score (nSPS) is 14.4. The first-order chi connectivity index (χ1) is 14.4. The Morgan fingerprint density at radius 2 is 1.93 bits per heavy atom. The number of rotatable bonds is 8. The van der Waals surface area contributed by atoms with Crippen molar-refractivity contribution in [1.82, 2.24) is 15.6 Å². The molecule has 1 saturated heterocycles. The van der Waals surface area contributed by atoms with E-state index in [-0.39, 0.29) is 16.5 Å². The number of hydrogen-bond acceptors (Lipinski definition) is 7. The number of carbonyl (C=O) groups excluding carboxylic acids is 1. The molecule has 0 bridgehead atoms. The van der Waals surface area contributed by atoms with E-state index >= 15 is 0 Å². The summed E-state index contributed by atoms with van der Waals surface area (Å²) in [5.41, 5.74) is 1.51. The summed E-state index contributed by atoms with van der Waals surface area (Å²) in [4.78, 5) is 19.4. The molecule has 3 N–H and O–H groups in total. The third-order valence-corrected chi connectivity index (χ3v) is 6.10. The van der Waals surface area contributed by atoms with Gasteiger partial charge in [-0.25, -0.2) is 13.4 Å². The van der Waals surface area contributed by atoms with Crippen LogP contribution in [0, 0.1) is 6.92 Å². The minimum Gasteiger partial charge on any atom is -0.383 e. The van der Waals surface area contributed by atoms with Crippen LogP contribution in [0.2, 0.25) is 0 Å². The zero-order valence-electron chi connectivity index (χ0n) is 17.1.